The van der Waals surface area contributed by atoms with Crippen molar-refractivity contribution in [3.8, 4) is 0 Å². The normalized spacial score (nSPS) is 13.9. The minimum Gasteiger partial charge on any atom is -0.356 e. The van der Waals surface area contributed by atoms with E-state index in [0.29, 0.717) is 18.9 Å². The smallest absolute Gasteiger partial charge is 0.328 e. The molecular formula is C12H25NO4SSi. The van der Waals surface area contributed by atoms with Crippen LogP contribution in [0.3, 0.4) is 0 Å². The Labute approximate surface area is 117 Å². The maximum absolute atomic E-state index is 11.6. The van der Waals surface area contributed by atoms with Crippen LogP contribution in [0.1, 0.15) is 19.8 Å². The Morgan fingerprint density at radius 2 is 2.00 bits per heavy atom. The van der Waals surface area contributed by atoms with E-state index in [-0.39, 0.29) is 11.7 Å². The number of nitrogens with one attached hydrogen (secondary N) is 1. The van der Waals surface area contributed by atoms with Crippen molar-refractivity contribution in [2.24, 2.45) is 5.92 Å². The highest BCUT2D eigenvalue weighted by atomic mass is 32.2. The summed E-state index contributed by atoms with van der Waals surface area (Å²) in [6, 6.07) is 0.631. The van der Waals surface area contributed by atoms with Crippen LogP contribution in [0.25, 0.3) is 0 Å². The number of allylic oxidation sites excluding steroid dienone is 1. The minimum atomic E-state index is -3.54. The molecule has 0 aromatic rings. The fourth-order valence-corrected chi connectivity index (χ4v) is 4.99. The van der Waals surface area contributed by atoms with Crippen LogP contribution >= 0.6 is 0 Å². The third kappa shape index (κ3) is 9.86. The summed E-state index contributed by atoms with van der Waals surface area (Å²) in [7, 11) is -4.98. The zero-order chi connectivity index (χ0) is 15.1. The highest BCUT2D eigenvalue weighted by Crippen LogP contribution is 2.10. The summed E-state index contributed by atoms with van der Waals surface area (Å²) in [5.41, 5.74) is 0. The van der Waals surface area contributed by atoms with E-state index < -0.39 is 24.1 Å². The van der Waals surface area contributed by atoms with Crippen molar-refractivity contribution in [3.05, 3.63) is 12.7 Å². The molecule has 0 fully saturated rings. The van der Waals surface area contributed by atoms with Gasteiger partial charge in [0.25, 0.3) is 0 Å². The maximum Gasteiger partial charge on any atom is 0.328 e. The van der Waals surface area contributed by atoms with Crippen molar-refractivity contribution < 1.29 is 18.0 Å². The van der Waals surface area contributed by atoms with Gasteiger partial charge in [-0.25, -0.2) is 8.42 Å². The SMILES string of the molecule is C=CCCC(C)C(=O)ONS(=O)(=O)CC[Si](C)(C)C. The van der Waals surface area contributed by atoms with Gasteiger partial charge in [-0.15, -0.1) is 6.58 Å². The molecule has 0 aliphatic heterocycles. The molecule has 0 spiro atoms. The summed E-state index contributed by atoms with van der Waals surface area (Å²) in [6.45, 7) is 11.5. The van der Waals surface area contributed by atoms with Crippen molar-refractivity contribution in [3.63, 3.8) is 0 Å². The Morgan fingerprint density at radius 1 is 1.42 bits per heavy atom. The van der Waals surface area contributed by atoms with E-state index >= 15 is 0 Å². The lowest BCUT2D eigenvalue weighted by Crippen LogP contribution is -2.34. The number of hydrogen-bond donors (Lipinski definition) is 1. The van der Waals surface area contributed by atoms with Gasteiger partial charge >= 0.3 is 5.97 Å². The highest BCUT2D eigenvalue weighted by Gasteiger charge is 2.21. The lowest BCUT2D eigenvalue weighted by Gasteiger charge is -2.16. The van der Waals surface area contributed by atoms with Crippen molar-refractivity contribution in [2.75, 3.05) is 5.75 Å². The second-order valence-electron chi connectivity index (χ2n) is 5.90. The molecule has 0 rings (SSSR count). The Kier molecular flexibility index (Phi) is 7.54. The molecule has 0 aliphatic rings. The summed E-state index contributed by atoms with van der Waals surface area (Å²) in [5.74, 6) is -0.909. The average Bonchev–Trinajstić information content (AvgIpc) is 2.30. The monoisotopic (exact) mass is 307 g/mol. The third-order valence-corrected chi connectivity index (χ3v) is 5.79. The van der Waals surface area contributed by atoms with E-state index in [9.17, 15) is 13.2 Å². The second kappa shape index (κ2) is 7.81. The number of rotatable bonds is 9. The first-order valence-corrected chi connectivity index (χ1v) is 11.7. The predicted octanol–water partition coefficient (Wildman–Crippen LogP) is 2.30. The van der Waals surface area contributed by atoms with Crippen molar-refractivity contribution in [2.45, 2.75) is 45.5 Å². The Balaban J connectivity index is 4.16. The van der Waals surface area contributed by atoms with Gasteiger partial charge in [-0.05, 0) is 23.8 Å². The summed E-state index contributed by atoms with van der Waals surface area (Å²) in [5, 5.41) is 0. The molecule has 0 aromatic carbocycles. The zero-order valence-electron chi connectivity index (χ0n) is 12.2. The lowest BCUT2D eigenvalue weighted by molar-refractivity contribution is -0.151. The zero-order valence-corrected chi connectivity index (χ0v) is 14.0. The topological polar surface area (TPSA) is 72.5 Å². The van der Waals surface area contributed by atoms with E-state index in [1.54, 1.807) is 13.0 Å². The standard InChI is InChI=1S/C12H25NO4SSi/c1-6-7-8-11(2)12(14)17-13-18(15,16)9-10-19(3,4)5/h6,11,13H,1,7-10H2,2-5H3. The summed E-state index contributed by atoms with van der Waals surface area (Å²) in [6.07, 6.45) is 3.00. The van der Waals surface area contributed by atoms with Gasteiger partial charge in [0.2, 0.25) is 10.0 Å². The van der Waals surface area contributed by atoms with Gasteiger partial charge in [-0.3, -0.25) is 4.79 Å². The number of carbonyl (C=O) groups excluding carboxylic acids is 1. The lowest BCUT2D eigenvalue weighted by atomic mass is 10.1. The summed E-state index contributed by atoms with van der Waals surface area (Å²) < 4.78 is 23.3. The Hall–Kier alpha value is -0.663. The van der Waals surface area contributed by atoms with Gasteiger partial charge in [0.05, 0.1) is 11.7 Å². The van der Waals surface area contributed by atoms with Crippen LogP contribution in [-0.2, 0) is 19.7 Å². The molecule has 0 amide bonds. The number of hydrogen-bond acceptors (Lipinski definition) is 4. The van der Waals surface area contributed by atoms with Crippen LogP contribution in [0.4, 0.5) is 0 Å². The van der Waals surface area contributed by atoms with Gasteiger partial charge < -0.3 is 4.84 Å². The molecule has 0 saturated heterocycles. The van der Waals surface area contributed by atoms with Gasteiger partial charge in [0.1, 0.15) is 0 Å². The first-order valence-electron chi connectivity index (χ1n) is 6.38. The van der Waals surface area contributed by atoms with Crippen LogP contribution in [0.2, 0.25) is 25.7 Å². The first-order chi connectivity index (χ1) is 8.57. The van der Waals surface area contributed by atoms with Gasteiger partial charge in [-0.2, -0.15) is 0 Å². The molecule has 5 nitrogen and oxygen atoms in total. The van der Waals surface area contributed by atoms with Crippen LogP contribution in [0, 0.1) is 5.92 Å². The van der Waals surface area contributed by atoms with Crippen LogP contribution in [0.5, 0.6) is 0 Å². The number of sulfonamides is 1. The molecule has 0 heterocycles. The minimum absolute atomic E-state index is 0.00294. The Bertz CT molecular complexity index is 400. The van der Waals surface area contributed by atoms with Gasteiger partial charge in [0, 0.05) is 8.07 Å². The van der Waals surface area contributed by atoms with E-state index in [2.05, 4.69) is 31.1 Å². The molecule has 0 radical (unpaired) electrons. The molecule has 0 bridgehead atoms. The average molecular weight is 307 g/mol. The first kappa shape index (κ1) is 18.3. The molecular weight excluding hydrogens is 282 g/mol. The third-order valence-electron chi connectivity index (χ3n) is 2.60. The van der Waals surface area contributed by atoms with Crippen molar-refractivity contribution in [1.29, 1.82) is 0 Å². The largest absolute Gasteiger partial charge is 0.356 e. The summed E-state index contributed by atoms with van der Waals surface area (Å²) >= 11 is 0. The summed E-state index contributed by atoms with van der Waals surface area (Å²) in [4.78, 5) is 18.1. The van der Waals surface area contributed by atoms with Gasteiger partial charge in [0.15, 0.2) is 0 Å². The quantitative estimate of drug-likeness (QED) is 0.403. The van der Waals surface area contributed by atoms with Gasteiger partial charge in [-0.1, -0.05) is 32.6 Å². The van der Waals surface area contributed by atoms with E-state index in [4.69, 9.17) is 0 Å². The molecule has 112 valence electrons. The molecule has 1 atom stereocenters. The van der Waals surface area contributed by atoms with E-state index in [1.807, 2.05) is 4.89 Å². The number of carbonyl (C=O) groups is 1. The highest BCUT2D eigenvalue weighted by molar-refractivity contribution is 7.89. The maximum atomic E-state index is 11.6. The van der Waals surface area contributed by atoms with Crippen molar-refractivity contribution >= 4 is 24.1 Å². The fraction of sp³-hybridized carbons (Fsp3) is 0.750. The second-order valence-corrected chi connectivity index (χ2v) is 13.3. The van der Waals surface area contributed by atoms with E-state index in [0.717, 1.165) is 0 Å². The molecule has 7 heteroatoms. The molecule has 19 heavy (non-hydrogen) atoms. The predicted molar refractivity (Wildman–Crippen MR) is 79.8 cm³/mol. The molecule has 0 aliphatic carbocycles. The molecule has 1 unspecified atom stereocenters. The fourth-order valence-electron chi connectivity index (χ4n) is 1.17. The molecule has 0 saturated carbocycles. The molecule has 0 aromatic heterocycles. The van der Waals surface area contributed by atoms with E-state index in [1.165, 1.54) is 0 Å². The van der Waals surface area contributed by atoms with Crippen LogP contribution in [-0.4, -0.2) is 28.2 Å². The van der Waals surface area contributed by atoms with Crippen LogP contribution in [0.15, 0.2) is 12.7 Å². The molecule has 1 N–H and O–H groups in total. The van der Waals surface area contributed by atoms with Crippen LogP contribution < -0.4 is 4.89 Å². The van der Waals surface area contributed by atoms with Crippen molar-refractivity contribution in [1.82, 2.24) is 4.89 Å². The Morgan fingerprint density at radius 3 is 2.47 bits per heavy atom.